The molecule has 1 saturated carbocycles. The van der Waals surface area contributed by atoms with Crippen LogP contribution in [0.25, 0.3) is 0 Å². The van der Waals surface area contributed by atoms with Gasteiger partial charge in [0.2, 0.25) is 0 Å². The Labute approximate surface area is 111 Å². The fraction of sp³-hybridized carbons (Fsp3) is 0.583. The van der Waals surface area contributed by atoms with Crippen LogP contribution in [0.3, 0.4) is 0 Å². The van der Waals surface area contributed by atoms with E-state index >= 15 is 0 Å². The fourth-order valence-corrected chi connectivity index (χ4v) is 2.61. The molecule has 5 nitrogen and oxygen atoms in total. The second-order valence-electron chi connectivity index (χ2n) is 4.47. The molecule has 1 aliphatic rings. The first-order chi connectivity index (χ1) is 8.74. The van der Waals surface area contributed by atoms with Crippen molar-refractivity contribution in [1.29, 1.82) is 0 Å². The zero-order valence-electron chi connectivity index (χ0n) is 10.2. The van der Waals surface area contributed by atoms with Crippen molar-refractivity contribution in [2.24, 2.45) is 11.1 Å². The molecule has 2 rings (SSSR count). The molecule has 0 aromatic carbocycles. The number of nitrogens with zero attached hydrogens (tertiary/aromatic N) is 3. The van der Waals surface area contributed by atoms with Gasteiger partial charge in [0.1, 0.15) is 5.17 Å². The maximum absolute atomic E-state index is 8.65. The number of hydrogen-bond donors (Lipinski definition) is 1. The standard InChI is InChI=1S/C12H16ClN3O2/c1-18-12-14-6-10(7-15-12)8-2-4-9(5-3-8)11(13)16-17/h6-9,17H,2-5H2,1H3/b16-11-. The molecule has 98 valence electrons. The van der Waals surface area contributed by atoms with Crippen molar-refractivity contribution in [1.82, 2.24) is 9.97 Å². The predicted octanol–water partition coefficient (Wildman–Crippen LogP) is 2.79. The molecular formula is C12H16ClN3O2. The summed E-state index contributed by atoms with van der Waals surface area (Å²) < 4.78 is 4.94. The van der Waals surface area contributed by atoms with Gasteiger partial charge in [-0.1, -0.05) is 16.8 Å². The molecule has 6 heteroatoms. The van der Waals surface area contributed by atoms with Gasteiger partial charge in [-0.3, -0.25) is 0 Å². The van der Waals surface area contributed by atoms with E-state index in [4.69, 9.17) is 21.5 Å². The van der Waals surface area contributed by atoms with Crippen LogP contribution in [0.5, 0.6) is 6.01 Å². The monoisotopic (exact) mass is 269 g/mol. The molecule has 1 aromatic heterocycles. The summed E-state index contributed by atoms with van der Waals surface area (Å²) in [5.41, 5.74) is 1.13. The molecule has 1 aliphatic carbocycles. The Hall–Kier alpha value is -1.36. The van der Waals surface area contributed by atoms with Crippen LogP contribution in [-0.2, 0) is 0 Å². The molecule has 1 N–H and O–H groups in total. The molecule has 0 bridgehead atoms. The summed E-state index contributed by atoms with van der Waals surface area (Å²) in [6.07, 6.45) is 7.51. The Kier molecular flexibility index (Phi) is 4.36. The average molecular weight is 270 g/mol. The molecule has 0 saturated heterocycles. The number of methoxy groups -OCH3 is 1. The van der Waals surface area contributed by atoms with E-state index < -0.39 is 0 Å². The van der Waals surface area contributed by atoms with E-state index in [2.05, 4.69) is 15.1 Å². The summed E-state index contributed by atoms with van der Waals surface area (Å²) in [7, 11) is 1.55. The van der Waals surface area contributed by atoms with Gasteiger partial charge in [-0.25, -0.2) is 9.97 Å². The second kappa shape index (κ2) is 6.00. The van der Waals surface area contributed by atoms with E-state index in [9.17, 15) is 0 Å². The van der Waals surface area contributed by atoms with Gasteiger partial charge < -0.3 is 9.94 Å². The average Bonchev–Trinajstić information content (AvgIpc) is 2.47. The minimum absolute atomic E-state index is 0.187. The molecule has 1 fully saturated rings. The third-order valence-electron chi connectivity index (χ3n) is 3.46. The van der Waals surface area contributed by atoms with Crippen molar-refractivity contribution in [2.45, 2.75) is 31.6 Å². The number of hydrogen-bond acceptors (Lipinski definition) is 5. The van der Waals surface area contributed by atoms with Gasteiger partial charge in [-0.2, -0.15) is 0 Å². The van der Waals surface area contributed by atoms with E-state index in [0.717, 1.165) is 31.2 Å². The summed E-state index contributed by atoms with van der Waals surface area (Å²) in [6.45, 7) is 0. The normalized spacial score (nSPS) is 24.9. The lowest BCUT2D eigenvalue weighted by Gasteiger charge is -2.27. The Morgan fingerprint density at radius 3 is 2.44 bits per heavy atom. The van der Waals surface area contributed by atoms with Crippen LogP contribution in [0.2, 0.25) is 0 Å². The summed E-state index contributed by atoms with van der Waals surface area (Å²) >= 11 is 5.84. The Balaban J connectivity index is 1.96. The van der Waals surface area contributed by atoms with Crippen LogP contribution in [-0.4, -0.2) is 27.5 Å². The zero-order chi connectivity index (χ0) is 13.0. The first-order valence-electron chi connectivity index (χ1n) is 5.98. The lowest BCUT2D eigenvalue weighted by molar-refractivity contribution is 0.310. The lowest BCUT2D eigenvalue weighted by Crippen LogP contribution is -2.18. The molecule has 0 atom stereocenters. The molecule has 0 radical (unpaired) electrons. The fourth-order valence-electron chi connectivity index (χ4n) is 2.39. The molecular weight excluding hydrogens is 254 g/mol. The van der Waals surface area contributed by atoms with Crippen LogP contribution >= 0.6 is 11.6 Å². The van der Waals surface area contributed by atoms with Crippen LogP contribution in [0.1, 0.15) is 37.2 Å². The smallest absolute Gasteiger partial charge is 0.316 e. The highest BCUT2D eigenvalue weighted by Gasteiger charge is 2.25. The van der Waals surface area contributed by atoms with Gasteiger partial charge in [-0.15, -0.1) is 0 Å². The number of aromatic nitrogens is 2. The van der Waals surface area contributed by atoms with Crippen molar-refractivity contribution >= 4 is 16.8 Å². The Bertz CT molecular complexity index is 414. The molecule has 0 amide bonds. The van der Waals surface area contributed by atoms with Gasteiger partial charge in [0.05, 0.1) is 7.11 Å². The van der Waals surface area contributed by atoms with E-state index in [1.807, 2.05) is 12.4 Å². The number of ether oxygens (including phenoxy) is 1. The molecule has 1 aromatic rings. The van der Waals surface area contributed by atoms with Crippen LogP contribution < -0.4 is 4.74 Å². The summed E-state index contributed by atoms with van der Waals surface area (Å²) in [6, 6.07) is 0.392. The first-order valence-corrected chi connectivity index (χ1v) is 6.35. The molecule has 0 unspecified atom stereocenters. The van der Waals surface area contributed by atoms with Crippen LogP contribution in [0.4, 0.5) is 0 Å². The topological polar surface area (TPSA) is 67.6 Å². The van der Waals surface area contributed by atoms with E-state index in [-0.39, 0.29) is 5.92 Å². The highest BCUT2D eigenvalue weighted by atomic mass is 35.5. The van der Waals surface area contributed by atoms with Gasteiger partial charge in [0, 0.05) is 18.3 Å². The predicted molar refractivity (Wildman–Crippen MR) is 68.4 cm³/mol. The molecule has 18 heavy (non-hydrogen) atoms. The second-order valence-corrected chi connectivity index (χ2v) is 4.86. The van der Waals surface area contributed by atoms with Crippen molar-refractivity contribution in [2.75, 3.05) is 7.11 Å². The van der Waals surface area contributed by atoms with Crippen molar-refractivity contribution in [3.63, 3.8) is 0 Å². The van der Waals surface area contributed by atoms with Crippen LogP contribution in [0.15, 0.2) is 17.5 Å². The van der Waals surface area contributed by atoms with E-state index in [0.29, 0.717) is 17.1 Å². The molecule has 0 aliphatic heterocycles. The first kappa shape index (κ1) is 13.1. The van der Waals surface area contributed by atoms with Crippen molar-refractivity contribution in [3.8, 4) is 6.01 Å². The minimum atomic E-state index is 0.187. The molecule has 0 spiro atoms. The lowest BCUT2D eigenvalue weighted by atomic mass is 9.80. The van der Waals surface area contributed by atoms with Gasteiger partial charge in [0.25, 0.3) is 0 Å². The largest absolute Gasteiger partial charge is 0.467 e. The highest BCUT2D eigenvalue weighted by Crippen LogP contribution is 2.36. The van der Waals surface area contributed by atoms with Crippen molar-refractivity contribution < 1.29 is 9.94 Å². The van der Waals surface area contributed by atoms with Crippen LogP contribution in [0, 0.1) is 5.92 Å². The maximum Gasteiger partial charge on any atom is 0.316 e. The zero-order valence-corrected chi connectivity index (χ0v) is 11.0. The third-order valence-corrected chi connectivity index (χ3v) is 3.85. The van der Waals surface area contributed by atoms with Gasteiger partial charge in [0.15, 0.2) is 0 Å². The van der Waals surface area contributed by atoms with Gasteiger partial charge >= 0.3 is 6.01 Å². The Morgan fingerprint density at radius 1 is 1.33 bits per heavy atom. The number of rotatable bonds is 3. The Morgan fingerprint density at radius 2 is 1.94 bits per heavy atom. The quantitative estimate of drug-likeness (QED) is 0.520. The summed E-state index contributed by atoms with van der Waals surface area (Å²) in [5.74, 6) is 0.641. The minimum Gasteiger partial charge on any atom is -0.467 e. The van der Waals surface area contributed by atoms with Crippen molar-refractivity contribution in [3.05, 3.63) is 18.0 Å². The number of halogens is 1. The highest BCUT2D eigenvalue weighted by molar-refractivity contribution is 6.65. The number of oxime groups is 1. The van der Waals surface area contributed by atoms with E-state index in [1.165, 1.54) is 0 Å². The van der Waals surface area contributed by atoms with Gasteiger partial charge in [-0.05, 0) is 37.2 Å². The summed E-state index contributed by atoms with van der Waals surface area (Å²) in [4.78, 5) is 8.24. The maximum atomic E-state index is 8.65. The SMILES string of the molecule is COc1ncc(C2CCC(/C(Cl)=N/O)CC2)cn1. The third kappa shape index (κ3) is 2.90. The molecule has 1 heterocycles. The van der Waals surface area contributed by atoms with E-state index in [1.54, 1.807) is 7.11 Å². The summed E-state index contributed by atoms with van der Waals surface area (Å²) in [5, 5.41) is 12.0.